The van der Waals surface area contributed by atoms with Crippen LogP contribution in [0.4, 0.5) is 0 Å². The van der Waals surface area contributed by atoms with Crippen molar-refractivity contribution in [3.63, 3.8) is 0 Å². The summed E-state index contributed by atoms with van der Waals surface area (Å²) in [7, 11) is 0. The van der Waals surface area contributed by atoms with E-state index in [0.717, 1.165) is 17.2 Å². The molecule has 0 saturated carbocycles. The highest BCUT2D eigenvalue weighted by Gasteiger charge is 2.19. The van der Waals surface area contributed by atoms with E-state index in [1.807, 2.05) is 24.3 Å². The van der Waals surface area contributed by atoms with Crippen molar-refractivity contribution in [3.05, 3.63) is 72.4 Å². The first kappa shape index (κ1) is 16.3. The average molecular weight is 312 g/mol. The molecule has 5 heteroatoms. The molecule has 1 aromatic carbocycles. The highest BCUT2D eigenvalue weighted by atomic mass is 16.6. The van der Waals surface area contributed by atoms with Crippen molar-refractivity contribution < 1.29 is 24.2 Å². The number of aromatic hydroxyl groups is 1. The Morgan fingerprint density at radius 1 is 1.17 bits per heavy atom. The van der Waals surface area contributed by atoms with E-state index >= 15 is 0 Å². The zero-order valence-corrected chi connectivity index (χ0v) is 12.4. The number of hydrogen-bond donors (Lipinski definition) is 1. The Balaban J connectivity index is 0.000000198. The Morgan fingerprint density at radius 3 is 2.35 bits per heavy atom. The standard InChI is InChI=1S/C11H12O4.C7H4O/c1-2-11(13)15-7-6-14-10-5-3-4-9(12)8-10;8-7-5-1-2-6(7)4-3-5/h2-5,8,12H,1,6-7H2;1-4H. The third-order valence-electron chi connectivity index (χ3n) is 2.99. The van der Waals surface area contributed by atoms with Crippen LogP contribution in [0.25, 0.3) is 0 Å². The molecule has 0 fully saturated rings. The normalized spacial score (nSPS) is 13.7. The Labute approximate surface area is 133 Å². The Bertz CT molecular complexity index is 686. The van der Waals surface area contributed by atoms with Crippen molar-refractivity contribution >= 4 is 11.8 Å². The number of hydrogen-bond acceptors (Lipinski definition) is 5. The van der Waals surface area contributed by atoms with Crippen molar-refractivity contribution in [2.24, 2.45) is 0 Å². The number of esters is 1. The molecule has 0 aliphatic heterocycles. The average Bonchev–Trinajstić information content (AvgIpc) is 3.09. The lowest BCUT2D eigenvalue weighted by atomic mass is 10.2. The van der Waals surface area contributed by atoms with Crippen molar-refractivity contribution in [2.75, 3.05) is 13.2 Å². The molecule has 23 heavy (non-hydrogen) atoms. The molecule has 0 radical (unpaired) electrons. The number of benzene rings is 1. The number of Topliss-reactive ketones (excluding diaryl/α,β-unsaturated/α-hetero) is 1. The fraction of sp³-hybridized carbons (Fsp3) is 0.111. The summed E-state index contributed by atoms with van der Waals surface area (Å²) in [5, 5.41) is 9.12. The Morgan fingerprint density at radius 2 is 1.87 bits per heavy atom. The van der Waals surface area contributed by atoms with Crippen molar-refractivity contribution in [2.45, 2.75) is 0 Å². The van der Waals surface area contributed by atoms with Crippen LogP contribution in [-0.2, 0) is 14.3 Å². The summed E-state index contributed by atoms with van der Waals surface area (Å²) in [6.07, 6.45) is 8.47. The molecule has 0 unspecified atom stereocenters. The van der Waals surface area contributed by atoms with Gasteiger partial charge in [-0.2, -0.15) is 0 Å². The minimum atomic E-state index is -0.477. The van der Waals surface area contributed by atoms with Gasteiger partial charge in [0.2, 0.25) is 0 Å². The topological polar surface area (TPSA) is 72.8 Å². The van der Waals surface area contributed by atoms with Gasteiger partial charge in [0.05, 0.1) is 0 Å². The minimum Gasteiger partial charge on any atom is -0.508 e. The van der Waals surface area contributed by atoms with E-state index in [0.29, 0.717) is 5.75 Å². The summed E-state index contributed by atoms with van der Waals surface area (Å²) in [5.74, 6) is 0.375. The molecular formula is C18H16O5. The molecule has 118 valence electrons. The summed E-state index contributed by atoms with van der Waals surface area (Å²) >= 11 is 0. The zero-order chi connectivity index (χ0) is 16.7. The maximum atomic E-state index is 10.8. The lowest BCUT2D eigenvalue weighted by molar-refractivity contribution is -0.138. The number of ether oxygens (including phenoxy) is 2. The lowest BCUT2D eigenvalue weighted by Crippen LogP contribution is -2.09. The van der Waals surface area contributed by atoms with Crippen molar-refractivity contribution in [3.8, 4) is 11.5 Å². The molecule has 0 heterocycles. The van der Waals surface area contributed by atoms with Crippen LogP contribution in [0.5, 0.6) is 11.5 Å². The smallest absolute Gasteiger partial charge is 0.330 e. The van der Waals surface area contributed by atoms with Gasteiger partial charge in [-0.1, -0.05) is 36.9 Å². The predicted octanol–water partition coefficient (Wildman–Crippen LogP) is 2.49. The summed E-state index contributed by atoms with van der Waals surface area (Å²) in [6, 6.07) is 6.40. The second-order valence-corrected chi connectivity index (χ2v) is 4.62. The van der Waals surface area contributed by atoms with Gasteiger partial charge in [0.15, 0.2) is 5.78 Å². The van der Waals surface area contributed by atoms with Gasteiger partial charge in [0, 0.05) is 23.3 Å². The third kappa shape index (κ3) is 4.71. The monoisotopic (exact) mass is 312 g/mol. The van der Waals surface area contributed by atoms with E-state index < -0.39 is 5.97 Å². The molecule has 0 spiro atoms. The molecule has 1 N–H and O–H groups in total. The SMILES string of the molecule is C=CC(=O)OCCOc1cccc(O)c1.O=C1C2=CC=C1C=C2. The summed E-state index contributed by atoms with van der Waals surface area (Å²) in [5.41, 5.74) is 1.67. The van der Waals surface area contributed by atoms with E-state index in [1.54, 1.807) is 18.2 Å². The van der Waals surface area contributed by atoms with Gasteiger partial charge in [0.25, 0.3) is 0 Å². The van der Waals surface area contributed by atoms with Crippen LogP contribution in [-0.4, -0.2) is 30.1 Å². The molecule has 1 aromatic rings. The fourth-order valence-corrected chi connectivity index (χ4v) is 1.87. The fourth-order valence-electron chi connectivity index (χ4n) is 1.87. The number of allylic oxidation sites excluding steroid dienone is 6. The van der Waals surface area contributed by atoms with Crippen molar-refractivity contribution in [1.29, 1.82) is 0 Å². The second kappa shape index (κ2) is 7.79. The first-order chi connectivity index (χ1) is 11.1. The van der Waals surface area contributed by atoms with E-state index in [-0.39, 0.29) is 24.7 Å². The molecule has 2 aliphatic carbocycles. The maximum absolute atomic E-state index is 10.8. The Hall–Kier alpha value is -3.08. The summed E-state index contributed by atoms with van der Waals surface area (Å²) < 4.78 is 9.91. The van der Waals surface area contributed by atoms with Crippen LogP contribution in [0.15, 0.2) is 72.4 Å². The van der Waals surface area contributed by atoms with Gasteiger partial charge in [0.1, 0.15) is 24.7 Å². The van der Waals surface area contributed by atoms with E-state index in [1.165, 1.54) is 6.07 Å². The molecule has 0 atom stereocenters. The minimum absolute atomic E-state index is 0.135. The first-order valence-corrected chi connectivity index (χ1v) is 6.96. The quantitative estimate of drug-likeness (QED) is 0.514. The molecule has 2 aliphatic rings. The maximum Gasteiger partial charge on any atom is 0.330 e. The number of rotatable bonds is 5. The van der Waals surface area contributed by atoms with E-state index in [2.05, 4.69) is 6.58 Å². The summed E-state index contributed by atoms with van der Waals surface area (Å²) in [4.78, 5) is 21.4. The van der Waals surface area contributed by atoms with Crippen LogP contribution in [0.1, 0.15) is 0 Å². The molecule has 0 amide bonds. The number of phenolic OH excluding ortho intramolecular Hbond substituents is 1. The van der Waals surface area contributed by atoms with Gasteiger partial charge >= 0.3 is 5.97 Å². The van der Waals surface area contributed by atoms with Crippen LogP contribution in [0.2, 0.25) is 0 Å². The molecule has 2 bridgehead atoms. The third-order valence-corrected chi connectivity index (χ3v) is 2.99. The molecule has 0 aromatic heterocycles. The van der Waals surface area contributed by atoms with Gasteiger partial charge < -0.3 is 14.6 Å². The first-order valence-electron chi connectivity index (χ1n) is 6.96. The zero-order valence-electron chi connectivity index (χ0n) is 12.4. The number of carbonyl (C=O) groups excluding carboxylic acids is 2. The van der Waals surface area contributed by atoms with Crippen LogP contribution < -0.4 is 4.74 Å². The molecular weight excluding hydrogens is 296 g/mol. The predicted molar refractivity (Wildman–Crippen MR) is 85.1 cm³/mol. The largest absolute Gasteiger partial charge is 0.508 e. The second-order valence-electron chi connectivity index (χ2n) is 4.62. The summed E-state index contributed by atoms with van der Waals surface area (Å²) in [6.45, 7) is 3.65. The van der Waals surface area contributed by atoms with Crippen LogP contribution in [0.3, 0.4) is 0 Å². The molecule has 5 nitrogen and oxygen atoms in total. The number of ketones is 1. The lowest BCUT2D eigenvalue weighted by Gasteiger charge is -2.06. The van der Waals surface area contributed by atoms with E-state index in [4.69, 9.17) is 14.6 Å². The molecule has 0 saturated heterocycles. The van der Waals surface area contributed by atoms with Crippen LogP contribution >= 0.6 is 0 Å². The van der Waals surface area contributed by atoms with E-state index in [9.17, 15) is 9.59 Å². The molecule has 3 rings (SSSR count). The Kier molecular flexibility index (Phi) is 5.52. The number of fused-ring (bicyclic) bond motifs is 2. The number of carbonyl (C=O) groups is 2. The van der Waals surface area contributed by atoms with Gasteiger partial charge in [-0.25, -0.2) is 4.79 Å². The van der Waals surface area contributed by atoms with Crippen LogP contribution in [0, 0.1) is 0 Å². The number of phenols is 1. The van der Waals surface area contributed by atoms with Crippen molar-refractivity contribution in [1.82, 2.24) is 0 Å². The highest BCUT2D eigenvalue weighted by Crippen LogP contribution is 2.23. The van der Waals surface area contributed by atoms with Gasteiger partial charge in [-0.3, -0.25) is 4.79 Å². The van der Waals surface area contributed by atoms with Gasteiger partial charge in [-0.05, 0) is 12.1 Å². The highest BCUT2D eigenvalue weighted by molar-refractivity contribution is 6.17. The van der Waals surface area contributed by atoms with Gasteiger partial charge in [-0.15, -0.1) is 0 Å².